The Balaban J connectivity index is 1.95. The normalized spacial score (nSPS) is 18.5. The van der Waals surface area contributed by atoms with Gasteiger partial charge in [-0.05, 0) is 11.6 Å². The molecule has 1 fully saturated rings. The molecule has 1 amide bonds. The highest BCUT2D eigenvalue weighted by molar-refractivity contribution is 5.84. The van der Waals surface area contributed by atoms with Crippen molar-refractivity contribution < 1.29 is 4.79 Å². The molecule has 5 heteroatoms. The number of hydrogen-bond donors (Lipinski definition) is 3. The number of benzene rings is 1. The van der Waals surface area contributed by atoms with E-state index in [1.807, 2.05) is 18.3 Å². The summed E-state index contributed by atoms with van der Waals surface area (Å²) in [5.74, 6) is 0.0736. The van der Waals surface area contributed by atoms with Crippen LogP contribution in [0.1, 0.15) is 11.6 Å². The van der Waals surface area contributed by atoms with Gasteiger partial charge in [-0.2, -0.15) is 0 Å². The summed E-state index contributed by atoms with van der Waals surface area (Å²) < 4.78 is 0. The maximum Gasteiger partial charge on any atom is 0.234 e. The quantitative estimate of drug-likeness (QED) is 0.754. The molecule has 1 unspecified atom stereocenters. The van der Waals surface area contributed by atoms with Gasteiger partial charge in [0.15, 0.2) is 0 Å². The molecule has 0 saturated carbocycles. The number of nitrogens with two attached hydrogens (primary N) is 1. The lowest BCUT2D eigenvalue weighted by molar-refractivity contribution is -0.124. The summed E-state index contributed by atoms with van der Waals surface area (Å²) in [6.45, 7) is 2.46. The zero-order valence-corrected chi connectivity index (χ0v) is 10.7. The Labute approximate surface area is 111 Å². The number of H-pyrrole nitrogens is 1. The number of carbonyl (C=O) groups is 1. The van der Waals surface area contributed by atoms with Crippen LogP contribution in [0.15, 0.2) is 30.5 Å². The van der Waals surface area contributed by atoms with Crippen LogP contribution in [0.25, 0.3) is 10.9 Å². The maximum atomic E-state index is 11.5. The largest absolute Gasteiger partial charge is 0.361 e. The SMILES string of the molecule is NCC(c1c[nH]c2ccccc12)N1CCNC(=O)C1. The summed E-state index contributed by atoms with van der Waals surface area (Å²) in [6, 6.07) is 8.26. The third-order valence-corrected chi connectivity index (χ3v) is 3.71. The van der Waals surface area contributed by atoms with Gasteiger partial charge in [-0.3, -0.25) is 9.69 Å². The molecule has 0 spiro atoms. The van der Waals surface area contributed by atoms with Crippen LogP contribution in [0.3, 0.4) is 0 Å². The van der Waals surface area contributed by atoms with Crippen LogP contribution < -0.4 is 11.1 Å². The summed E-state index contributed by atoms with van der Waals surface area (Å²) in [5, 5.41) is 4.03. The Bertz CT molecular complexity index is 592. The summed E-state index contributed by atoms with van der Waals surface area (Å²) in [7, 11) is 0. The van der Waals surface area contributed by atoms with E-state index in [0.29, 0.717) is 19.6 Å². The summed E-state index contributed by atoms with van der Waals surface area (Å²) >= 11 is 0. The second-order valence-electron chi connectivity index (χ2n) is 4.86. The van der Waals surface area contributed by atoms with Crippen molar-refractivity contribution in [3.05, 3.63) is 36.0 Å². The van der Waals surface area contributed by atoms with Crippen molar-refractivity contribution in [1.29, 1.82) is 0 Å². The number of rotatable bonds is 3. The van der Waals surface area contributed by atoms with E-state index in [0.717, 1.165) is 12.1 Å². The molecule has 0 radical (unpaired) electrons. The van der Waals surface area contributed by atoms with Crippen molar-refractivity contribution in [3.8, 4) is 0 Å². The van der Waals surface area contributed by atoms with Gasteiger partial charge in [-0.25, -0.2) is 0 Å². The molecule has 1 saturated heterocycles. The monoisotopic (exact) mass is 258 g/mol. The minimum atomic E-state index is 0.0736. The number of para-hydroxylation sites is 1. The van der Waals surface area contributed by atoms with Gasteiger partial charge in [-0.1, -0.05) is 18.2 Å². The van der Waals surface area contributed by atoms with E-state index < -0.39 is 0 Å². The maximum absolute atomic E-state index is 11.5. The van der Waals surface area contributed by atoms with Crippen molar-refractivity contribution in [2.75, 3.05) is 26.2 Å². The van der Waals surface area contributed by atoms with Crippen molar-refractivity contribution in [3.63, 3.8) is 0 Å². The first kappa shape index (κ1) is 12.2. The molecule has 0 aliphatic carbocycles. The number of amides is 1. The zero-order valence-electron chi connectivity index (χ0n) is 10.7. The number of nitrogens with zero attached hydrogens (tertiary/aromatic N) is 1. The lowest BCUT2D eigenvalue weighted by Gasteiger charge is -2.33. The van der Waals surface area contributed by atoms with Crippen LogP contribution in [-0.4, -0.2) is 42.0 Å². The van der Waals surface area contributed by atoms with Crippen molar-refractivity contribution in [2.45, 2.75) is 6.04 Å². The Morgan fingerprint density at radius 2 is 2.21 bits per heavy atom. The standard InChI is InChI=1S/C14H18N4O/c15-7-13(18-6-5-16-14(19)9-18)11-8-17-12-4-2-1-3-10(11)12/h1-4,8,13,17H,5-7,9,15H2,(H,16,19). The average molecular weight is 258 g/mol. The van der Waals surface area contributed by atoms with Crippen LogP contribution in [0.4, 0.5) is 0 Å². The molecule has 1 aromatic carbocycles. The van der Waals surface area contributed by atoms with E-state index in [4.69, 9.17) is 5.73 Å². The van der Waals surface area contributed by atoms with E-state index in [-0.39, 0.29) is 11.9 Å². The fourth-order valence-electron chi connectivity index (χ4n) is 2.77. The molecule has 2 heterocycles. The lowest BCUT2D eigenvalue weighted by Crippen LogP contribution is -2.50. The molecule has 1 aliphatic rings. The van der Waals surface area contributed by atoms with E-state index >= 15 is 0 Å². The lowest BCUT2D eigenvalue weighted by atomic mass is 10.0. The summed E-state index contributed by atoms with van der Waals surface area (Å²) in [4.78, 5) is 16.9. The molecule has 1 aliphatic heterocycles. The van der Waals surface area contributed by atoms with E-state index in [9.17, 15) is 4.79 Å². The Hall–Kier alpha value is -1.85. The third kappa shape index (κ3) is 2.22. The number of carbonyl (C=O) groups excluding carboxylic acids is 1. The van der Waals surface area contributed by atoms with Crippen LogP contribution in [-0.2, 0) is 4.79 Å². The van der Waals surface area contributed by atoms with Crippen molar-refractivity contribution in [2.24, 2.45) is 5.73 Å². The molecule has 19 heavy (non-hydrogen) atoms. The average Bonchev–Trinajstić information content (AvgIpc) is 2.84. The number of aromatic nitrogens is 1. The van der Waals surface area contributed by atoms with Gasteiger partial charge >= 0.3 is 0 Å². The second-order valence-corrected chi connectivity index (χ2v) is 4.86. The number of fused-ring (bicyclic) bond motifs is 1. The van der Waals surface area contributed by atoms with Gasteiger partial charge in [-0.15, -0.1) is 0 Å². The second kappa shape index (κ2) is 5.03. The highest BCUT2D eigenvalue weighted by atomic mass is 16.2. The third-order valence-electron chi connectivity index (χ3n) is 3.71. The molecule has 100 valence electrons. The molecule has 4 N–H and O–H groups in total. The first-order chi connectivity index (χ1) is 9.29. The smallest absolute Gasteiger partial charge is 0.234 e. The predicted octanol–water partition coefficient (Wildman–Crippen LogP) is 0.599. The molecule has 0 bridgehead atoms. The van der Waals surface area contributed by atoms with Crippen LogP contribution in [0.5, 0.6) is 0 Å². The first-order valence-corrected chi connectivity index (χ1v) is 6.56. The van der Waals surface area contributed by atoms with Gasteiger partial charge in [0, 0.05) is 42.8 Å². The van der Waals surface area contributed by atoms with Gasteiger partial charge in [0.25, 0.3) is 0 Å². The number of piperazine rings is 1. The summed E-state index contributed by atoms with van der Waals surface area (Å²) in [5.41, 5.74) is 8.23. The Morgan fingerprint density at radius 1 is 1.37 bits per heavy atom. The minimum Gasteiger partial charge on any atom is -0.361 e. The molecule has 1 atom stereocenters. The Kier molecular flexibility index (Phi) is 3.23. The molecule has 2 aromatic rings. The zero-order chi connectivity index (χ0) is 13.2. The minimum absolute atomic E-state index is 0.0736. The fraction of sp³-hybridized carbons (Fsp3) is 0.357. The van der Waals surface area contributed by atoms with Crippen LogP contribution in [0.2, 0.25) is 0 Å². The number of hydrogen-bond acceptors (Lipinski definition) is 3. The Morgan fingerprint density at radius 3 is 3.00 bits per heavy atom. The van der Waals surface area contributed by atoms with Crippen molar-refractivity contribution in [1.82, 2.24) is 15.2 Å². The molecular weight excluding hydrogens is 240 g/mol. The molecule has 5 nitrogen and oxygen atoms in total. The summed E-state index contributed by atoms with van der Waals surface area (Å²) in [6.07, 6.45) is 2.01. The number of aromatic amines is 1. The van der Waals surface area contributed by atoms with Crippen LogP contribution in [0, 0.1) is 0 Å². The van der Waals surface area contributed by atoms with Gasteiger partial charge in [0.1, 0.15) is 0 Å². The first-order valence-electron chi connectivity index (χ1n) is 6.56. The predicted molar refractivity (Wildman–Crippen MR) is 74.7 cm³/mol. The number of nitrogens with one attached hydrogen (secondary N) is 2. The molecular formula is C14H18N4O. The highest BCUT2D eigenvalue weighted by Crippen LogP contribution is 2.27. The fourth-order valence-corrected chi connectivity index (χ4v) is 2.77. The van der Waals surface area contributed by atoms with Gasteiger partial charge in [0.2, 0.25) is 5.91 Å². The van der Waals surface area contributed by atoms with Gasteiger partial charge < -0.3 is 16.0 Å². The topological polar surface area (TPSA) is 74.2 Å². The molecule has 3 rings (SSSR count). The van der Waals surface area contributed by atoms with Gasteiger partial charge in [0.05, 0.1) is 6.54 Å². The highest BCUT2D eigenvalue weighted by Gasteiger charge is 2.26. The van der Waals surface area contributed by atoms with E-state index in [1.165, 1.54) is 10.9 Å². The van der Waals surface area contributed by atoms with E-state index in [2.05, 4.69) is 27.3 Å². The van der Waals surface area contributed by atoms with E-state index in [1.54, 1.807) is 0 Å². The molecule has 1 aromatic heterocycles. The van der Waals surface area contributed by atoms with Crippen molar-refractivity contribution >= 4 is 16.8 Å². The van der Waals surface area contributed by atoms with Crippen LogP contribution >= 0.6 is 0 Å².